The molecule has 0 aliphatic carbocycles. The Kier molecular flexibility index (Phi) is 6.96. The average molecular weight is 491 g/mol. The summed E-state index contributed by atoms with van der Waals surface area (Å²) in [7, 11) is -1.89. The van der Waals surface area contributed by atoms with E-state index in [1.165, 1.54) is 16.4 Å². The summed E-state index contributed by atoms with van der Waals surface area (Å²) in [6.07, 6.45) is 0. The van der Waals surface area contributed by atoms with E-state index in [0.29, 0.717) is 50.9 Å². The van der Waals surface area contributed by atoms with Crippen molar-refractivity contribution in [3.8, 4) is 11.5 Å². The van der Waals surface area contributed by atoms with E-state index in [0.717, 1.165) is 11.6 Å². The van der Waals surface area contributed by atoms with Crippen molar-refractivity contribution in [3.63, 3.8) is 0 Å². The zero-order valence-electron chi connectivity index (χ0n) is 19.6. The van der Waals surface area contributed by atoms with Crippen molar-refractivity contribution in [1.82, 2.24) is 9.21 Å². The topological polar surface area (TPSA) is 114 Å². The summed E-state index contributed by atoms with van der Waals surface area (Å²) < 4.78 is 38.9. The van der Waals surface area contributed by atoms with Crippen LogP contribution < -0.4 is 14.8 Å². The number of ether oxygens (including phenoxy) is 2. The lowest BCUT2D eigenvalue weighted by Gasteiger charge is -2.31. The van der Waals surface area contributed by atoms with E-state index < -0.39 is 14.9 Å². The maximum atomic E-state index is 13.1. The highest BCUT2D eigenvalue weighted by Gasteiger charge is 2.30. The Labute approximate surface area is 199 Å². The number of benzene rings is 2. The lowest BCUT2D eigenvalue weighted by molar-refractivity contribution is -0.384. The Hall–Kier alpha value is -2.89. The van der Waals surface area contributed by atoms with Gasteiger partial charge in [0.25, 0.3) is 5.69 Å². The standard InChI is InChI=1S/C23H30N4O6S/c1-16(2)23(17-4-7-21-22(14-17)33-13-12-32-21)24-19-6-5-18(15-20(19)27(28)29)34(30,31)26-10-8-25(3)9-11-26/h4-7,14-16,23-24H,8-13H2,1-3H3. The third-order valence-electron chi connectivity index (χ3n) is 6.17. The summed E-state index contributed by atoms with van der Waals surface area (Å²) in [6.45, 7) is 6.91. The quantitative estimate of drug-likeness (QED) is 0.465. The summed E-state index contributed by atoms with van der Waals surface area (Å²) >= 11 is 0. The van der Waals surface area contributed by atoms with Gasteiger partial charge in [0.1, 0.15) is 18.9 Å². The fraction of sp³-hybridized carbons (Fsp3) is 0.478. The summed E-state index contributed by atoms with van der Waals surface area (Å²) in [5, 5.41) is 15.2. The fourth-order valence-corrected chi connectivity index (χ4v) is 5.62. The molecule has 1 saturated heterocycles. The van der Waals surface area contributed by atoms with Crippen LogP contribution in [0.15, 0.2) is 41.3 Å². The molecule has 1 fully saturated rings. The number of rotatable bonds is 7. The third kappa shape index (κ3) is 4.96. The van der Waals surface area contributed by atoms with Crippen molar-refractivity contribution in [3.05, 3.63) is 52.1 Å². The zero-order chi connectivity index (χ0) is 24.5. The third-order valence-corrected chi connectivity index (χ3v) is 8.06. The van der Waals surface area contributed by atoms with E-state index in [9.17, 15) is 18.5 Å². The van der Waals surface area contributed by atoms with Crippen LogP contribution >= 0.6 is 0 Å². The Bertz CT molecular complexity index is 1160. The van der Waals surface area contributed by atoms with Gasteiger partial charge >= 0.3 is 0 Å². The molecule has 2 heterocycles. The first-order valence-corrected chi connectivity index (χ1v) is 12.7. The number of nitro groups is 1. The number of piperazine rings is 1. The molecule has 2 aliphatic rings. The van der Waals surface area contributed by atoms with E-state index in [2.05, 4.69) is 5.32 Å². The number of hydrogen-bond acceptors (Lipinski definition) is 8. The first-order valence-electron chi connectivity index (χ1n) is 11.3. The molecule has 4 rings (SSSR count). The van der Waals surface area contributed by atoms with Gasteiger partial charge in [-0.25, -0.2) is 8.42 Å². The van der Waals surface area contributed by atoms with Gasteiger partial charge in [-0.15, -0.1) is 0 Å². The first kappa shape index (κ1) is 24.2. The van der Waals surface area contributed by atoms with Crippen LogP contribution in [0.2, 0.25) is 0 Å². The van der Waals surface area contributed by atoms with Gasteiger partial charge in [0.05, 0.1) is 15.9 Å². The molecule has 1 N–H and O–H groups in total. The van der Waals surface area contributed by atoms with Crippen molar-refractivity contribution in [2.24, 2.45) is 5.92 Å². The average Bonchev–Trinajstić information content (AvgIpc) is 2.82. The molecule has 1 atom stereocenters. The molecule has 34 heavy (non-hydrogen) atoms. The molecule has 2 aliphatic heterocycles. The van der Waals surface area contributed by atoms with Crippen LogP contribution in [0.3, 0.4) is 0 Å². The molecule has 0 bridgehead atoms. The molecule has 0 amide bonds. The van der Waals surface area contributed by atoms with Gasteiger partial charge in [-0.2, -0.15) is 4.31 Å². The lowest BCUT2D eigenvalue weighted by atomic mass is 9.95. The van der Waals surface area contributed by atoms with E-state index in [-0.39, 0.29) is 28.2 Å². The second kappa shape index (κ2) is 9.77. The maximum Gasteiger partial charge on any atom is 0.293 e. The highest BCUT2D eigenvalue weighted by Crippen LogP contribution is 2.38. The number of anilines is 1. The van der Waals surface area contributed by atoms with Crippen molar-refractivity contribution < 1.29 is 22.8 Å². The fourth-order valence-electron chi connectivity index (χ4n) is 4.18. The van der Waals surface area contributed by atoms with Gasteiger partial charge in [0.2, 0.25) is 10.0 Å². The highest BCUT2D eigenvalue weighted by molar-refractivity contribution is 7.89. The molecule has 2 aromatic rings. The zero-order valence-corrected chi connectivity index (χ0v) is 20.4. The predicted molar refractivity (Wildman–Crippen MR) is 128 cm³/mol. The number of nitro benzene ring substituents is 1. The normalized spacial score (nSPS) is 18.0. The van der Waals surface area contributed by atoms with Crippen LogP contribution in [0, 0.1) is 16.0 Å². The number of sulfonamides is 1. The molecule has 0 aromatic heterocycles. The van der Waals surface area contributed by atoms with Crippen LogP contribution in [0.4, 0.5) is 11.4 Å². The van der Waals surface area contributed by atoms with Crippen molar-refractivity contribution in [2.75, 3.05) is 51.8 Å². The molecule has 10 nitrogen and oxygen atoms in total. The van der Waals surface area contributed by atoms with Crippen LogP contribution in [0.5, 0.6) is 11.5 Å². The second-order valence-electron chi connectivity index (χ2n) is 8.91. The molecule has 184 valence electrons. The minimum atomic E-state index is -3.82. The number of nitrogens with zero attached hydrogens (tertiary/aromatic N) is 3. The Morgan fingerprint density at radius 3 is 2.32 bits per heavy atom. The molecular formula is C23H30N4O6S. The van der Waals surface area contributed by atoms with Crippen LogP contribution in [0.25, 0.3) is 0 Å². The molecule has 1 unspecified atom stereocenters. The molecule has 0 saturated carbocycles. The molecule has 0 spiro atoms. The number of likely N-dealkylation sites (N-methyl/N-ethyl adjacent to an activating group) is 1. The minimum absolute atomic E-state index is 0.0743. The minimum Gasteiger partial charge on any atom is -0.486 e. The number of hydrogen-bond donors (Lipinski definition) is 1. The highest BCUT2D eigenvalue weighted by atomic mass is 32.2. The molecule has 2 aromatic carbocycles. The van der Waals surface area contributed by atoms with Gasteiger partial charge in [-0.1, -0.05) is 19.9 Å². The number of nitrogens with one attached hydrogen (secondary N) is 1. The monoisotopic (exact) mass is 490 g/mol. The van der Waals surface area contributed by atoms with E-state index in [1.54, 1.807) is 0 Å². The van der Waals surface area contributed by atoms with Crippen LogP contribution in [-0.2, 0) is 10.0 Å². The summed E-state index contributed by atoms with van der Waals surface area (Å²) in [4.78, 5) is 13.3. The van der Waals surface area contributed by atoms with E-state index in [4.69, 9.17) is 9.47 Å². The summed E-state index contributed by atoms with van der Waals surface area (Å²) in [5.74, 6) is 1.39. The van der Waals surface area contributed by atoms with Crippen molar-refractivity contribution in [1.29, 1.82) is 0 Å². The van der Waals surface area contributed by atoms with Gasteiger partial charge in [-0.3, -0.25) is 10.1 Å². The van der Waals surface area contributed by atoms with Gasteiger partial charge in [0, 0.05) is 32.2 Å². The second-order valence-corrected chi connectivity index (χ2v) is 10.9. The Morgan fingerprint density at radius 1 is 1.00 bits per heavy atom. The first-order chi connectivity index (χ1) is 16.2. The smallest absolute Gasteiger partial charge is 0.293 e. The lowest BCUT2D eigenvalue weighted by Crippen LogP contribution is -2.47. The predicted octanol–water partition coefficient (Wildman–Crippen LogP) is 3.11. The van der Waals surface area contributed by atoms with Crippen molar-refractivity contribution >= 4 is 21.4 Å². The SMILES string of the molecule is CC(C)C(Nc1ccc(S(=O)(=O)N2CCN(C)CC2)cc1[N+](=O)[O-])c1ccc2c(c1)OCCO2. The van der Waals surface area contributed by atoms with Crippen molar-refractivity contribution in [2.45, 2.75) is 24.8 Å². The Morgan fingerprint density at radius 2 is 1.68 bits per heavy atom. The van der Waals surface area contributed by atoms with E-state index >= 15 is 0 Å². The summed E-state index contributed by atoms with van der Waals surface area (Å²) in [5.41, 5.74) is 0.872. The van der Waals surface area contributed by atoms with Gasteiger partial charge < -0.3 is 19.7 Å². The largest absolute Gasteiger partial charge is 0.486 e. The van der Waals surface area contributed by atoms with E-state index in [1.807, 2.05) is 44.0 Å². The molecule has 0 radical (unpaired) electrons. The van der Waals surface area contributed by atoms with Gasteiger partial charge in [0.15, 0.2) is 11.5 Å². The van der Waals surface area contributed by atoms with Gasteiger partial charge in [-0.05, 0) is 42.8 Å². The number of fused-ring (bicyclic) bond motifs is 1. The molecule has 11 heteroatoms. The maximum absolute atomic E-state index is 13.1. The van der Waals surface area contributed by atoms with Crippen LogP contribution in [0.1, 0.15) is 25.5 Å². The molecular weight excluding hydrogens is 460 g/mol. The summed E-state index contributed by atoms with van der Waals surface area (Å²) in [6, 6.07) is 9.42. The Balaban J connectivity index is 1.64. The van der Waals surface area contributed by atoms with Crippen LogP contribution in [-0.4, -0.2) is 69.0 Å².